The van der Waals surface area contributed by atoms with E-state index in [1.54, 1.807) is 7.11 Å². The van der Waals surface area contributed by atoms with Gasteiger partial charge in [-0.15, -0.1) is 0 Å². The van der Waals surface area contributed by atoms with Crippen molar-refractivity contribution in [3.05, 3.63) is 35.9 Å². The summed E-state index contributed by atoms with van der Waals surface area (Å²) < 4.78 is 5.10. The SMILES string of the molecule is COCCC(C)C(CN)c1ccccc1. The standard InChI is InChI=1S/C13H21NO/c1-11(8-9-15-2)13(10-14)12-6-4-3-5-7-12/h3-7,11,13H,8-10,14H2,1-2H3. The molecular formula is C13H21NO. The normalized spacial score (nSPS) is 14.9. The maximum absolute atomic E-state index is 5.84. The van der Waals surface area contributed by atoms with E-state index in [9.17, 15) is 0 Å². The van der Waals surface area contributed by atoms with E-state index in [2.05, 4.69) is 31.2 Å². The average molecular weight is 207 g/mol. The molecule has 0 amide bonds. The van der Waals surface area contributed by atoms with Gasteiger partial charge < -0.3 is 10.5 Å². The fourth-order valence-corrected chi connectivity index (χ4v) is 1.90. The van der Waals surface area contributed by atoms with E-state index in [0.29, 0.717) is 18.4 Å². The summed E-state index contributed by atoms with van der Waals surface area (Å²) in [6, 6.07) is 10.5. The first kappa shape index (κ1) is 12.2. The minimum absolute atomic E-state index is 0.446. The first-order valence-electron chi connectivity index (χ1n) is 5.53. The van der Waals surface area contributed by atoms with Crippen LogP contribution in [0.15, 0.2) is 30.3 Å². The minimum Gasteiger partial charge on any atom is -0.385 e. The second-order valence-electron chi connectivity index (χ2n) is 4.01. The minimum atomic E-state index is 0.446. The Kier molecular flexibility index (Phi) is 5.37. The lowest BCUT2D eigenvalue weighted by Crippen LogP contribution is -2.20. The van der Waals surface area contributed by atoms with Gasteiger partial charge in [-0.3, -0.25) is 0 Å². The Balaban J connectivity index is 2.63. The Morgan fingerprint density at radius 1 is 1.27 bits per heavy atom. The van der Waals surface area contributed by atoms with Crippen molar-refractivity contribution in [2.45, 2.75) is 19.3 Å². The molecule has 0 aliphatic rings. The summed E-state index contributed by atoms with van der Waals surface area (Å²) in [5.41, 5.74) is 7.17. The molecule has 2 atom stereocenters. The van der Waals surface area contributed by atoms with Crippen LogP contribution >= 0.6 is 0 Å². The molecule has 2 N–H and O–H groups in total. The van der Waals surface area contributed by atoms with Crippen LogP contribution in [0.5, 0.6) is 0 Å². The molecule has 0 radical (unpaired) electrons. The van der Waals surface area contributed by atoms with E-state index in [1.807, 2.05) is 6.07 Å². The van der Waals surface area contributed by atoms with Gasteiger partial charge in [-0.05, 0) is 30.4 Å². The summed E-state index contributed by atoms with van der Waals surface area (Å²) in [5.74, 6) is 1.01. The maximum atomic E-state index is 5.84. The van der Waals surface area contributed by atoms with Crippen LogP contribution in [0.2, 0.25) is 0 Å². The number of benzene rings is 1. The summed E-state index contributed by atoms with van der Waals surface area (Å²) in [7, 11) is 1.74. The molecule has 84 valence electrons. The van der Waals surface area contributed by atoms with Crippen LogP contribution < -0.4 is 5.73 Å². The van der Waals surface area contributed by atoms with Gasteiger partial charge in [-0.1, -0.05) is 37.3 Å². The Morgan fingerprint density at radius 2 is 1.93 bits per heavy atom. The van der Waals surface area contributed by atoms with Crippen LogP contribution in [0.3, 0.4) is 0 Å². The molecule has 0 aliphatic carbocycles. The predicted molar refractivity (Wildman–Crippen MR) is 63.9 cm³/mol. The van der Waals surface area contributed by atoms with Crippen LogP contribution in [0, 0.1) is 5.92 Å². The van der Waals surface area contributed by atoms with Gasteiger partial charge in [0.2, 0.25) is 0 Å². The van der Waals surface area contributed by atoms with Gasteiger partial charge in [0.15, 0.2) is 0 Å². The molecule has 2 unspecified atom stereocenters. The summed E-state index contributed by atoms with van der Waals surface area (Å²) in [4.78, 5) is 0. The number of ether oxygens (including phenoxy) is 1. The van der Waals surface area contributed by atoms with E-state index in [0.717, 1.165) is 13.0 Å². The van der Waals surface area contributed by atoms with E-state index >= 15 is 0 Å². The molecule has 0 saturated carbocycles. The number of rotatable bonds is 6. The van der Waals surface area contributed by atoms with Crippen molar-refractivity contribution in [1.29, 1.82) is 0 Å². The highest BCUT2D eigenvalue weighted by Gasteiger charge is 2.16. The second-order valence-corrected chi connectivity index (χ2v) is 4.01. The van der Waals surface area contributed by atoms with Gasteiger partial charge in [-0.2, -0.15) is 0 Å². The van der Waals surface area contributed by atoms with Gasteiger partial charge in [0.1, 0.15) is 0 Å². The molecule has 2 nitrogen and oxygen atoms in total. The second kappa shape index (κ2) is 6.59. The van der Waals surface area contributed by atoms with E-state index in [4.69, 9.17) is 10.5 Å². The number of methoxy groups -OCH3 is 1. The molecule has 1 aromatic carbocycles. The van der Waals surface area contributed by atoms with E-state index in [1.165, 1.54) is 5.56 Å². The number of hydrogen-bond acceptors (Lipinski definition) is 2. The monoisotopic (exact) mass is 207 g/mol. The quantitative estimate of drug-likeness (QED) is 0.777. The predicted octanol–water partition coefficient (Wildman–Crippen LogP) is 2.40. The number of nitrogens with two attached hydrogens (primary N) is 1. The molecule has 0 aromatic heterocycles. The van der Waals surface area contributed by atoms with Crippen molar-refractivity contribution in [2.24, 2.45) is 11.7 Å². The summed E-state index contributed by atoms with van der Waals surface area (Å²) in [6.45, 7) is 3.75. The van der Waals surface area contributed by atoms with Crippen molar-refractivity contribution in [3.8, 4) is 0 Å². The third-order valence-corrected chi connectivity index (χ3v) is 2.95. The Morgan fingerprint density at radius 3 is 2.47 bits per heavy atom. The van der Waals surface area contributed by atoms with Crippen molar-refractivity contribution in [1.82, 2.24) is 0 Å². The highest BCUT2D eigenvalue weighted by Crippen LogP contribution is 2.25. The van der Waals surface area contributed by atoms with Gasteiger partial charge >= 0.3 is 0 Å². The molecule has 1 aromatic rings. The van der Waals surface area contributed by atoms with E-state index in [-0.39, 0.29) is 0 Å². The number of hydrogen-bond donors (Lipinski definition) is 1. The molecule has 15 heavy (non-hydrogen) atoms. The highest BCUT2D eigenvalue weighted by molar-refractivity contribution is 5.20. The summed E-state index contributed by atoms with van der Waals surface area (Å²) >= 11 is 0. The maximum Gasteiger partial charge on any atom is 0.0465 e. The van der Waals surface area contributed by atoms with Crippen LogP contribution in [-0.4, -0.2) is 20.3 Å². The van der Waals surface area contributed by atoms with Crippen LogP contribution in [0.4, 0.5) is 0 Å². The van der Waals surface area contributed by atoms with Crippen LogP contribution in [0.1, 0.15) is 24.8 Å². The lowest BCUT2D eigenvalue weighted by molar-refractivity contribution is 0.174. The zero-order valence-electron chi connectivity index (χ0n) is 9.65. The molecule has 0 saturated heterocycles. The zero-order chi connectivity index (χ0) is 11.1. The lowest BCUT2D eigenvalue weighted by Gasteiger charge is -2.22. The molecule has 0 bridgehead atoms. The molecule has 0 aliphatic heterocycles. The fourth-order valence-electron chi connectivity index (χ4n) is 1.90. The fraction of sp³-hybridized carbons (Fsp3) is 0.538. The van der Waals surface area contributed by atoms with Gasteiger partial charge in [0.05, 0.1) is 0 Å². The van der Waals surface area contributed by atoms with Crippen molar-refractivity contribution in [3.63, 3.8) is 0 Å². The Hall–Kier alpha value is -0.860. The van der Waals surface area contributed by atoms with Crippen molar-refractivity contribution >= 4 is 0 Å². The first-order chi connectivity index (χ1) is 7.29. The zero-order valence-corrected chi connectivity index (χ0v) is 9.65. The molecular weight excluding hydrogens is 186 g/mol. The third-order valence-electron chi connectivity index (χ3n) is 2.95. The van der Waals surface area contributed by atoms with Crippen molar-refractivity contribution in [2.75, 3.05) is 20.3 Å². The van der Waals surface area contributed by atoms with Crippen molar-refractivity contribution < 1.29 is 4.74 Å². The van der Waals surface area contributed by atoms with E-state index < -0.39 is 0 Å². The molecule has 0 fully saturated rings. The van der Waals surface area contributed by atoms with Crippen LogP contribution in [-0.2, 0) is 4.74 Å². The topological polar surface area (TPSA) is 35.2 Å². The molecule has 0 heterocycles. The highest BCUT2D eigenvalue weighted by atomic mass is 16.5. The molecule has 1 rings (SSSR count). The Labute approximate surface area is 92.4 Å². The summed E-state index contributed by atoms with van der Waals surface area (Å²) in [5, 5.41) is 0. The third kappa shape index (κ3) is 3.65. The molecule has 0 spiro atoms. The van der Waals surface area contributed by atoms with Gasteiger partial charge in [-0.25, -0.2) is 0 Å². The first-order valence-corrected chi connectivity index (χ1v) is 5.53. The molecule has 2 heteroatoms. The lowest BCUT2D eigenvalue weighted by atomic mass is 9.85. The largest absolute Gasteiger partial charge is 0.385 e. The summed E-state index contributed by atoms with van der Waals surface area (Å²) in [6.07, 6.45) is 1.06. The van der Waals surface area contributed by atoms with Gasteiger partial charge in [0, 0.05) is 13.7 Å². The Bertz CT molecular complexity index is 260. The smallest absolute Gasteiger partial charge is 0.0465 e. The van der Waals surface area contributed by atoms with Crippen LogP contribution in [0.25, 0.3) is 0 Å². The average Bonchev–Trinajstić information content (AvgIpc) is 2.29. The van der Waals surface area contributed by atoms with Gasteiger partial charge in [0.25, 0.3) is 0 Å².